The molecule has 160 valence electrons. The van der Waals surface area contributed by atoms with Gasteiger partial charge in [-0.1, -0.05) is 44.2 Å². The fraction of sp³-hybridized carbons (Fsp3) is 0.545. The van der Waals surface area contributed by atoms with Crippen molar-refractivity contribution in [2.75, 3.05) is 11.9 Å². The van der Waals surface area contributed by atoms with Gasteiger partial charge in [0.05, 0.1) is 11.5 Å². The number of carbonyl (C=O) groups is 2. The van der Waals surface area contributed by atoms with E-state index in [1.54, 1.807) is 25.1 Å². The van der Waals surface area contributed by atoms with Gasteiger partial charge in [-0.2, -0.15) is 4.98 Å². The van der Waals surface area contributed by atoms with E-state index < -0.39 is 17.8 Å². The van der Waals surface area contributed by atoms with E-state index in [2.05, 4.69) is 15.6 Å². The lowest BCUT2D eigenvalue weighted by Gasteiger charge is -2.28. The molecule has 0 bridgehead atoms. The molecule has 0 unspecified atom stereocenters. The normalized spacial score (nSPS) is 23.4. The van der Waals surface area contributed by atoms with Crippen LogP contribution in [0.1, 0.15) is 45.4 Å². The third kappa shape index (κ3) is 4.53. The number of hydrogen-bond acceptors (Lipinski definition) is 7. The first-order valence-corrected chi connectivity index (χ1v) is 10.6. The van der Waals surface area contributed by atoms with Crippen LogP contribution in [0, 0.1) is 5.92 Å². The second kappa shape index (κ2) is 8.95. The molecule has 2 aliphatic rings. The van der Waals surface area contributed by atoms with Crippen LogP contribution in [0.25, 0.3) is 11.0 Å². The minimum atomic E-state index is -0.721. The lowest BCUT2D eigenvalue weighted by atomic mass is 9.84. The summed E-state index contributed by atoms with van der Waals surface area (Å²) in [5.41, 5.74) is 0.407. The highest BCUT2D eigenvalue weighted by molar-refractivity contribution is 5.95. The van der Waals surface area contributed by atoms with E-state index in [-0.39, 0.29) is 24.4 Å². The van der Waals surface area contributed by atoms with Gasteiger partial charge in [0.15, 0.2) is 5.78 Å². The van der Waals surface area contributed by atoms with Crippen LogP contribution < -0.4 is 16.4 Å². The predicted octanol–water partition coefficient (Wildman–Crippen LogP) is 2.41. The van der Waals surface area contributed by atoms with Gasteiger partial charge in [-0.25, -0.2) is 4.79 Å². The molecule has 1 saturated heterocycles. The summed E-state index contributed by atoms with van der Waals surface area (Å²) in [5, 5.41) is 6.66. The molecule has 1 aromatic carbocycles. The molecule has 2 N–H and O–H groups in total. The Labute approximate surface area is 174 Å². The molecule has 1 aliphatic carbocycles. The fourth-order valence-corrected chi connectivity index (χ4v) is 4.40. The summed E-state index contributed by atoms with van der Waals surface area (Å²) >= 11 is 0. The number of ether oxygens (including phenoxy) is 1. The van der Waals surface area contributed by atoms with Crippen LogP contribution in [0.3, 0.4) is 0 Å². The predicted molar refractivity (Wildman–Crippen MR) is 111 cm³/mol. The van der Waals surface area contributed by atoms with Crippen LogP contribution in [0.4, 0.5) is 5.82 Å². The van der Waals surface area contributed by atoms with E-state index >= 15 is 0 Å². The summed E-state index contributed by atoms with van der Waals surface area (Å²) in [6, 6.07) is 5.80. The molecule has 8 heteroatoms. The highest BCUT2D eigenvalue weighted by atomic mass is 16.5. The van der Waals surface area contributed by atoms with Gasteiger partial charge in [0.25, 0.3) is 0 Å². The molecule has 0 radical (unpaired) electrons. The lowest BCUT2D eigenvalue weighted by Crippen LogP contribution is -2.50. The van der Waals surface area contributed by atoms with Crippen LogP contribution in [0.2, 0.25) is 0 Å². The van der Waals surface area contributed by atoms with Gasteiger partial charge in [-0.05, 0) is 31.4 Å². The largest absolute Gasteiger partial charge is 0.441 e. The quantitative estimate of drug-likeness (QED) is 0.748. The SMILES string of the molecule is C[C@@H]1OCC(=O)[C@H]1NC(=O)[C@H](CC1CCCCC1)Nc1nc(=O)oc2ccccc12. The molecular weight excluding hydrogens is 386 g/mol. The van der Waals surface area contributed by atoms with Gasteiger partial charge in [0.2, 0.25) is 5.91 Å². The number of para-hydroxylation sites is 1. The highest BCUT2D eigenvalue weighted by Gasteiger charge is 2.36. The molecule has 8 nitrogen and oxygen atoms in total. The van der Waals surface area contributed by atoms with Crippen molar-refractivity contribution in [3.8, 4) is 0 Å². The Morgan fingerprint density at radius 1 is 1.20 bits per heavy atom. The van der Waals surface area contributed by atoms with Crippen LogP contribution in [0.15, 0.2) is 33.5 Å². The smallest absolute Gasteiger partial charge is 0.408 e. The Balaban J connectivity index is 1.59. The molecule has 2 heterocycles. The number of nitrogens with one attached hydrogen (secondary N) is 2. The first kappa shape index (κ1) is 20.5. The molecular formula is C22H27N3O5. The average molecular weight is 413 g/mol. The van der Waals surface area contributed by atoms with Crippen LogP contribution in [0.5, 0.6) is 0 Å². The maximum Gasteiger partial charge on any atom is 0.441 e. The molecule has 2 fully saturated rings. The molecule has 3 atom stereocenters. The number of Topliss-reactive ketones (excluding diaryl/α,β-unsaturated/α-hetero) is 1. The van der Waals surface area contributed by atoms with Crippen molar-refractivity contribution in [1.29, 1.82) is 0 Å². The molecule has 2 aromatic rings. The number of hydrogen-bond donors (Lipinski definition) is 2. The summed E-state index contributed by atoms with van der Waals surface area (Å²) in [4.78, 5) is 41.2. The number of amides is 1. The summed E-state index contributed by atoms with van der Waals surface area (Å²) in [6.45, 7) is 1.79. The summed E-state index contributed by atoms with van der Waals surface area (Å²) in [6.07, 6.45) is 5.91. The number of aromatic nitrogens is 1. The molecule has 1 amide bonds. The number of rotatable bonds is 6. The Morgan fingerprint density at radius 2 is 1.97 bits per heavy atom. The second-order valence-corrected chi connectivity index (χ2v) is 8.23. The Hall–Kier alpha value is -2.74. The van der Waals surface area contributed by atoms with Gasteiger partial charge in [0, 0.05) is 0 Å². The van der Waals surface area contributed by atoms with Crippen LogP contribution in [-0.4, -0.2) is 41.5 Å². The summed E-state index contributed by atoms with van der Waals surface area (Å²) < 4.78 is 10.5. The van der Waals surface area contributed by atoms with Crippen LogP contribution >= 0.6 is 0 Å². The average Bonchev–Trinajstić information content (AvgIpc) is 3.06. The molecule has 30 heavy (non-hydrogen) atoms. The van der Waals surface area contributed by atoms with Gasteiger partial charge >= 0.3 is 5.76 Å². The van der Waals surface area contributed by atoms with E-state index in [1.165, 1.54) is 6.42 Å². The molecule has 1 aliphatic heterocycles. The van der Waals surface area contributed by atoms with E-state index in [0.29, 0.717) is 29.1 Å². The van der Waals surface area contributed by atoms with Crippen molar-refractivity contribution in [2.24, 2.45) is 5.92 Å². The van der Waals surface area contributed by atoms with Gasteiger partial charge in [0.1, 0.15) is 30.1 Å². The first-order chi connectivity index (χ1) is 14.5. The number of nitrogens with zero attached hydrogens (tertiary/aromatic N) is 1. The van der Waals surface area contributed by atoms with E-state index in [0.717, 1.165) is 25.7 Å². The van der Waals surface area contributed by atoms with Gasteiger partial charge in [-0.3, -0.25) is 9.59 Å². The van der Waals surface area contributed by atoms with E-state index in [9.17, 15) is 14.4 Å². The number of fused-ring (bicyclic) bond motifs is 1. The number of anilines is 1. The summed E-state index contributed by atoms with van der Waals surface area (Å²) in [5.74, 6) is -0.409. The Kier molecular flexibility index (Phi) is 6.13. The van der Waals surface area contributed by atoms with Crippen molar-refractivity contribution < 1.29 is 18.7 Å². The van der Waals surface area contributed by atoms with Crippen molar-refractivity contribution in [3.05, 3.63) is 34.8 Å². The third-order valence-electron chi connectivity index (χ3n) is 6.07. The zero-order chi connectivity index (χ0) is 21.1. The summed E-state index contributed by atoms with van der Waals surface area (Å²) in [7, 11) is 0. The number of ketones is 1. The maximum atomic E-state index is 13.2. The lowest BCUT2D eigenvalue weighted by molar-refractivity contribution is -0.127. The zero-order valence-corrected chi connectivity index (χ0v) is 17.1. The standard InChI is InChI=1S/C22H27N3O5/c1-13-19(17(26)12-29-13)24-21(27)16(11-14-7-3-2-4-8-14)23-20-15-9-5-6-10-18(15)30-22(28)25-20/h5-6,9-10,13-14,16,19H,2-4,7-8,11-12H2,1H3,(H,24,27)(H,23,25,28)/t13-,16-,19-/m0/s1. The van der Waals surface area contributed by atoms with Crippen molar-refractivity contribution in [2.45, 2.75) is 63.6 Å². The molecule has 4 rings (SSSR count). The van der Waals surface area contributed by atoms with E-state index in [1.807, 2.05) is 6.07 Å². The van der Waals surface area contributed by atoms with Crippen molar-refractivity contribution in [3.63, 3.8) is 0 Å². The van der Waals surface area contributed by atoms with Crippen LogP contribution in [-0.2, 0) is 14.3 Å². The van der Waals surface area contributed by atoms with Gasteiger partial charge in [-0.15, -0.1) is 0 Å². The molecule has 1 saturated carbocycles. The minimum absolute atomic E-state index is 0.0127. The minimum Gasteiger partial charge on any atom is -0.408 e. The molecule has 1 aromatic heterocycles. The van der Waals surface area contributed by atoms with Crippen molar-refractivity contribution in [1.82, 2.24) is 10.3 Å². The number of carbonyl (C=O) groups excluding carboxylic acids is 2. The second-order valence-electron chi connectivity index (χ2n) is 8.23. The van der Waals surface area contributed by atoms with E-state index in [4.69, 9.17) is 9.15 Å². The fourth-order valence-electron chi connectivity index (χ4n) is 4.40. The van der Waals surface area contributed by atoms with Gasteiger partial charge < -0.3 is 19.8 Å². The third-order valence-corrected chi connectivity index (χ3v) is 6.07. The number of benzene rings is 1. The Morgan fingerprint density at radius 3 is 2.70 bits per heavy atom. The monoisotopic (exact) mass is 413 g/mol. The topological polar surface area (TPSA) is 111 Å². The first-order valence-electron chi connectivity index (χ1n) is 10.6. The van der Waals surface area contributed by atoms with Crippen molar-refractivity contribution >= 4 is 28.5 Å². The highest BCUT2D eigenvalue weighted by Crippen LogP contribution is 2.29. The molecule has 0 spiro atoms. The zero-order valence-electron chi connectivity index (χ0n) is 17.1. The maximum absolute atomic E-state index is 13.2. The Bertz CT molecular complexity index is 982.